The maximum absolute atomic E-state index is 10.9. The van der Waals surface area contributed by atoms with Crippen molar-refractivity contribution in [1.29, 1.82) is 0 Å². The van der Waals surface area contributed by atoms with Crippen LogP contribution in [0.3, 0.4) is 0 Å². The molecule has 6 nitrogen and oxygen atoms in total. The van der Waals surface area contributed by atoms with Crippen molar-refractivity contribution in [2.24, 2.45) is 0 Å². The molecule has 0 aromatic heterocycles. The topological polar surface area (TPSA) is 118 Å². The van der Waals surface area contributed by atoms with Crippen molar-refractivity contribution < 1.29 is 28.0 Å². The quantitative estimate of drug-likeness (QED) is 0.596. The summed E-state index contributed by atoms with van der Waals surface area (Å²) in [5, 5.41) is 16.5. The summed E-state index contributed by atoms with van der Waals surface area (Å²) in [7, 11) is -4.38. The standard InChI is InChI=1S/C10H8O3S.CH2O3.Ca/c11-14(12,13)10-7-3-5-8-4-1-2-6-9(8)10;2-1(3)4;/h1-7H,(H,11,12,13);(H2,2,3,4);/q;;+2/p-2. The zero-order valence-electron chi connectivity index (χ0n) is 9.65. The summed E-state index contributed by atoms with van der Waals surface area (Å²) in [6.07, 6.45) is -2.08. The molecule has 2 rings (SSSR count). The Morgan fingerprint density at radius 2 is 1.53 bits per heavy atom. The van der Waals surface area contributed by atoms with Crippen molar-refractivity contribution in [2.75, 3.05) is 0 Å². The summed E-state index contributed by atoms with van der Waals surface area (Å²) in [4.78, 5) is 8.29. The Morgan fingerprint density at radius 1 is 1.05 bits per heavy atom. The second-order valence-electron chi connectivity index (χ2n) is 3.20. The molecular weight excluding hydrogens is 300 g/mol. The Balaban J connectivity index is 0.000000576. The van der Waals surface area contributed by atoms with Crippen LogP contribution >= 0.6 is 0 Å². The van der Waals surface area contributed by atoms with Crippen molar-refractivity contribution in [1.82, 2.24) is 0 Å². The van der Waals surface area contributed by atoms with Gasteiger partial charge in [-0.15, -0.1) is 0 Å². The Kier molecular flexibility index (Phi) is 7.31. The summed E-state index contributed by atoms with van der Waals surface area (Å²) in [6.45, 7) is 0. The van der Waals surface area contributed by atoms with E-state index in [1.165, 1.54) is 6.07 Å². The molecule has 0 radical (unpaired) electrons. The van der Waals surface area contributed by atoms with Crippen molar-refractivity contribution >= 4 is 64.8 Å². The van der Waals surface area contributed by atoms with Gasteiger partial charge in [-0.25, -0.2) is 8.42 Å². The minimum absolute atomic E-state index is 0. The summed E-state index contributed by atoms with van der Waals surface area (Å²) in [6, 6.07) is 11.5. The average molecular weight is 308 g/mol. The van der Waals surface area contributed by atoms with E-state index in [-0.39, 0.29) is 42.6 Å². The van der Waals surface area contributed by atoms with Crippen LogP contribution in [0, 0.1) is 0 Å². The Labute approximate surface area is 139 Å². The number of hydrogen-bond acceptors (Lipinski definition) is 5. The second kappa shape index (κ2) is 7.66. The van der Waals surface area contributed by atoms with Gasteiger partial charge in [0.05, 0.1) is 4.90 Å². The third-order valence-electron chi connectivity index (χ3n) is 2.02. The Bertz CT molecular complexity index is 658. The molecule has 0 unspecified atom stereocenters. The third-order valence-corrected chi connectivity index (χ3v) is 2.91. The van der Waals surface area contributed by atoms with Gasteiger partial charge in [0.25, 0.3) is 0 Å². The van der Waals surface area contributed by atoms with Crippen LogP contribution < -0.4 is 5.11 Å². The van der Waals surface area contributed by atoms with Crippen LogP contribution in [0.2, 0.25) is 0 Å². The number of carboxylic acid groups (broad SMARTS) is 2. The van der Waals surface area contributed by atoms with Gasteiger partial charge in [0.15, 0.2) is 0 Å². The van der Waals surface area contributed by atoms with Crippen molar-refractivity contribution in [3.63, 3.8) is 0 Å². The first kappa shape index (κ1) is 18.1. The van der Waals surface area contributed by atoms with Gasteiger partial charge in [-0.2, -0.15) is 0 Å². The SMILES string of the molecule is O=C([O-])O.O=S(=O)([O-])c1cccc2ccccc12.[Ca+2]. The first-order valence-corrected chi connectivity index (χ1v) is 6.07. The van der Waals surface area contributed by atoms with Crippen LogP contribution in [0.5, 0.6) is 0 Å². The molecule has 0 bridgehead atoms. The molecule has 8 heteroatoms. The molecule has 19 heavy (non-hydrogen) atoms. The van der Waals surface area contributed by atoms with Crippen molar-refractivity contribution in [2.45, 2.75) is 4.90 Å². The van der Waals surface area contributed by atoms with E-state index in [9.17, 15) is 13.0 Å². The van der Waals surface area contributed by atoms with Gasteiger partial charge in [-0.3, -0.25) is 0 Å². The van der Waals surface area contributed by atoms with Gasteiger partial charge in [-0.05, 0) is 16.8 Å². The first-order valence-electron chi connectivity index (χ1n) is 4.66. The van der Waals surface area contributed by atoms with E-state index in [0.717, 1.165) is 5.39 Å². The molecule has 0 spiro atoms. The van der Waals surface area contributed by atoms with E-state index >= 15 is 0 Å². The zero-order valence-corrected chi connectivity index (χ0v) is 12.7. The third kappa shape index (κ3) is 5.75. The maximum Gasteiger partial charge on any atom is 2.00 e. The van der Waals surface area contributed by atoms with Gasteiger partial charge >= 0.3 is 37.7 Å². The first-order chi connectivity index (χ1) is 8.32. The molecule has 0 atom stereocenters. The zero-order chi connectivity index (χ0) is 13.8. The maximum atomic E-state index is 10.9. The molecule has 0 amide bonds. The largest absolute Gasteiger partial charge is 2.00 e. The molecular formula is C11H8CaO6S. The molecule has 1 N–H and O–H groups in total. The van der Waals surface area contributed by atoms with Gasteiger partial charge in [0, 0.05) is 0 Å². The molecule has 0 fully saturated rings. The molecule has 0 aliphatic rings. The van der Waals surface area contributed by atoms with Crippen LogP contribution in [-0.4, -0.2) is 62.0 Å². The number of benzene rings is 2. The second-order valence-corrected chi connectivity index (χ2v) is 4.55. The van der Waals surface area contributed by atoms with Crippen molar-refractivity contribution in [3.8, 4) is 0 Å². The van der Waals surface area contributed by atoms with E-state index in [0.29, 0.717) is 5.39 Å². The fraction of sp³-hybridized carbons (Fsp3) is 0. The molecule has 0 saturated carbocycles. The van der Waals surface area contributed by atoms with Crippen LogP contribution in [0.4, 0.5) is 4.79 Å². The molecule has 0 heterocycles. The molecule has 2 aromatic rings. The summed E-state index contributed by atoms with van der Waals surface area (Å²) >= 11 is 0. The van der Waals surface area contributed by atoms with Crippen molar-refractivity contribution in [3.05, 3.63) is 42.5 Å². The van der Waals surface area contributed by atoms with Gasteiger partial charge in [-0.1, -0.05) is 36.4 Å². The fourth-order valence-electron chi connectivity index (χ4n) is 1.41. The monoisotopic (exact) mass is 308 g/mol. The van der Waals surface area contributed by atoms with Gasteiger partial charge < -0.3 is 19.6 Å². The number of rotatable bonds is 1. The van der Waals surface area contributed by atoms with E-state index in [1.807, 2.05) is 0 Å². The predicted octanol–water partition coefficient (Wildman–Crippen LogP) is 0.251. The summed E-state index contributed by atoms with van der Waals surface area (Å²) in [5.41, 5.74) is 0. The molecule has 96 valence electrons. The smallest absolute Gasteiger partial charge is 0.744 e. The van der Waals surface area contributed by atoms with E-state index in [1.54, 1.807) is 36.4 Å². The normalized spacial score (nSPS) is 9.95. The molecule has 0 aliphatic carbocycles. The van der Waals surface area contributed by atoms with Crippen LogP contribution in [0.25, 0.3) is 10.8 Å². The van der Waals surface area contributed by atoms with Gasteiger partial charge in [0.1, 0.15) is 10.1 Å². The number of carbonyl (C=O) groups is 1. The molecule has 0 aliphatic heterocycles. The molecule has 2 aromatic carbocycles. The Hall–Kier alpha value is -0.860. The van der Waals surface area contributed by atoms with E-state index in [4.69, 9.17) is 15.0 Å². The average Bonchev–Trinajstić information content (AvgIpc) is 2.26. The molecule has 0 saturated heterocycles. The minimum atomic E-state index is -4.38. The number of hydrogen-bond donors (Lipinski definition) is 1. The van der Waals surface area contributed by atoms with Crippen LogP contribution in [0.15, 0.2) is 47.4 Å². The Morgan fingerprint density at radius 3 is 2.05 bits per heavy atom. The van der Waals surface area contributed by atoms with Gasteiger partial charge in [0.2, 0.25) is 6.16 Å². The van der Waals surface area contributed by atoms with Crippen LogP contribution in [-0.2, 0) is 10.1 Å². The minimum Gasteiger partial charge on any atom is -0.744 e. The summed E-state index contributed by atoms with van der Waals surface area (Å²) in [5.74, 6) is 0. The fourth-order valence-corrected chi connectivity index (χ4v) is 2.11. The van der Waals surface area contributed by atoms with E-state index in [2.05, 4.69) is 0 Å². The van der Waals surface area contributed by atoms with E-state index < -0.39 is 16.3 Å². The number of fused-ring (bicyclic) bond motifs is 1. The van der Waals surface area contributed by atoms with Crippen LogP contribution in [0.1, 0.15) is 0 Å². The summed E-state index contributed by atoms with van der Waals surface area (Å²) < 4.78 is 32.7. The predicted molar refractivity (Wildman–Crippen MR) is 65.7 cm³/mol.